The first-order chi connectivity index (χ1) is 14.4. The summed E-state index contributed by atoms with van der Waals surface area (Å²) in [6, 6.07) is 22.2. The molecule has 30 heavy (non-hydrogen) atoms. The molecule has 5 nitrogen and oxygen atoms in total. The number of rotatable bonds is 8. The minimum atomic E-state index is -3.86. The molecule has 8 heteroatoms. The second kappa shape index (κ2) is 10.1. The van der Waals surface area contributed by atoms with Crippen molar-refractivity contribution in [3.63, 3.8) is 0 Å². The Hall–Kier alpha value is -2.38. The third kappa shape index (κ3) is 5.83. The fourth-order valence-corrected chi connectivity index (χ4v) is 4.62. The summed E-state index contributed by atoms with van der Waals surface area (Å²) in [5.74, 6) is -0.508. The highest BCUT2D eigenvalue weighted by Crippen LogP contribution is 2.25. The van der Waals surface area contributed by atoms with Gasteiger partial charge in [-0.1, -0.05) is 71.7 Å². The van der Waals surface area contributed by atoms with Crippen LogP contribution < -0.4 is 5.32 Å². The smallest absolute Gasteiger partial charge is 0.243 e. The van der Waals surface area contributed by atoms with E-state index < -0.39 is 15.9 Å². The Labute approximate surface area is 186 Å². The van der Waals surface area contributed by atoms with Gasteiger partial charge in [-0.25, -0.2) is 8.42 Å². The maximum atomic E-state index is 13.2. The summed E-state index contributed by atoms with van der Waals surface area (Å²) in [7, 11) is -3.86. The van der Waals surface area contributed by atoms with Crippen molar-refractivity contribution < 1.29 is 13.2 Å². The highest BCUT2D eigenvalue weighted by molar-refractivity contribution is 7.89. The number of sulfonamides is 1. The Morgan fingerprint density at radius 2 is 1.53 bits per heavy atom. The Morgan fingerprint density at radius 1 is 0.900 bits per heavy atom. The van der Waals surface area contributed by atoms with Gasteiger partial charge in [0.05, 0.1) is 22.2 Å². The van der Waals surface area contributed by atoms with Gasteiger partial charge in [-0.3, -0.25) is 4.79 Å². The van der Waals surface area contributed by atoms with Gasteiger partial charge in [-0.15, -0.1) is 0 Å². The van der Waals surface area contributed by atoms with Crippen LogP contribution >= 0.6 is 23.2 Å². The highest BCUT2D eigenvalue weighted by Gasteiger charge is 2.26. The van der Waals surface area contributed by atoms with E-state index >= 15 is 0 Å². The van der Waals surface area contributed by atoms with Crippen molar-refractivity contribution in [3.05, 3.63) is 94.5 Å². The normalized spacial score (nSPS) is 11.4. The second-order valence-corrected chi connectivity index (χ2v) is 9.34. The molecule has 0 spiro atoms. The van der Waals surface area contributed by atoms with Crippen molar-refractivity contribution >= 4 is 44.8 Å². The zero-order valence-corrected chi connectivity index (χ0v) is 18.3. The molecule has 0 aromatic heterocycles. The number of anilines is 1. The molecule has 3 aromatic rings. The molecule has 0 aliphatic carbocycles. The van der Waals surface area contributed by atoms with Gasteiger partial charge >= 0.3 is 0 Å². The summed E-state index contributed by atoms with van der Waals surface area (Å²) in [6.45, 7) is -0.204. The van der Waals surface area contributed by atoms with E-state index in [1.165, 1.54) is 22.5 Å². The number of carbonyl (C=O) groups is 1. The third-order valence-electron chi connectivity index (χ3n) is 4.40. The maximum Gasteiger partial charge on any atom is 0.243 e. The molecular formula is C22H20Cl2N2O3S. The average Bonchev–Trinajstić information content (AvgIpc) is 2.75. The van der Waals surface area contributed by atoms with Crippen LogP contribution in [0.15, 0.2) is 83.8 Å². The molecule has 0 atom stereocenters. The SMILES string of the molecule is O=C(CN(CCc1ccccc1)S(=O)(=O)c1ccccc1)Nc1cc(Cl)ccc1Cl. The van der Waals surface area contributed by atoms with Crippen molar-refractivity contribution in [1.29, 1.82) is 0 Å². The van der Waals surface area contributed by atoms with Gasteiger partial charge < -0.3 is 5.32 Å². The number of nitrogens with one attached hydrogen (secondary N) is 1. The van der Waals surface area contributed by atoms with E-state index in [1.807, 2.05) is 30.3 Å². The number of carbonyl (C=O) groups excluding carboxylic acids is 1. The number of halogens is 2. The molecule has 0 heterocycles. The van der Waals surface area contributed by atoms with Gasteiger partial charge in [0.25, 0.3) is 0 Å². The molecule has 3 rings (SSSR count). The summed E-state index contributed by atoms with van der Waals surface area (Å²) in [6.07, 6.45) is 0.470. The van der Waals surface area contributed by atoms with Gasteiger partial charge in [-0.2, -0.15) is 4.31 Å². The molecule has 156 valence electrons. The van der Waals surface area contributed by atoms with Gasteiger partial charge in [0.15, 0.2) is 0 Å². The average molecular weight is 463 g/mol. The first kappa shape index (κ1) is 22.3. The van der Waals surface area contributed by atoms with Crippen molar-refractivity contribution in [3.8, 4) is 0 Å². The fourth-order valence-electron chi connectivity index (χ4n) is 2.87. The van der Waals surface area contributed by atoms with E-state index in [2.05, 4.69) is 5.32 Å². The summed E-state index contributed by atoms with van der Waals surface area (Å²) >= 11 is 12.1. The van der Waals surface area contributed by atoms with Crippen LogP contribution in [0, 0.1) is 0 Å². The van der Waals surface area contributed by atoms with Crippen molar-refractivity contribution in [2.75, 3.05) is 18.4 Å². The lowest BCUT2D eigenvalue weighted by atomic mass is 10.1. The molecule has 0 radical (unpaired) electrons. The number of benzene rings is 3. The Morgan fingerprint density at radius 3 is 2.20 bits per heavy atom. The van der Waals surface area contributed by atoms with Crippen LogP contribution in [0.3, 0.4) is 0 Å². The summed E-state index contributed by atoms with van der Waals surface area (Å²) in [5.41, 5.74) is 1.30. The number of amides is 1. The Bertz CT molecular complexity index is 1110. The van der Waals surface area contributed by atoms with Crippen LogP contribution in [0.25, 0.3) is 0 Å². The maximum absolute atomic E-state index is 13.2. The molecule has 0 unspecified atom stereocenters. The lowest BCUT2D eigenvalue weighted by Crippen LogP contribution is -2.39. The van der Waals surface area contributed by atoms with E-state index in [9.17, 15) is 13.2 Å². The molecule has 1 amide bonds. The first-order valence-electron chi connectivity index (χ1n) is 9.20. The monoisotopic (exact) mass is 462 g/mol. The zero-order chi connectivity index (χ0) is 21.6. The molecule has 3 aromatic carbocycles. The van der Waals surface area contributed by atoms with Crippen LogP contribution in [0.4, 0.5) is 5.69 Å². The molecule has 0 bridgehead atoms. The summed E-state index contributed by atoms with van der Waals surface area (Å²) in [5, 5.41) is 3.37. The molecule has 0 aliphatic rings. The fraction of sp³-hybridized carbons (Fsp3) is 0.136. The third-order valence-corrected chi connectivity index (χ3v) is 6.82. The minimum Gasteiger partial charge on any atom is -0.324 e. The first-order valence-corrected chi connectivity index (χ1v) is 11.4. The van der Waals surface area contributed by atoms with E-state index in [1.54, 1.807) is 30.3 Å². The van der Waals surface area contributed by atoms with Crippen molar-refractivity contribution in [2.45, 2.75) is 11.3 Å². The van der Waals surface area contributed by atoms with Crippen molar-refractivity contribution in [1.82, 2.24) is 4.31 Å². The van der Waals surface area contributed by atoms with E-state index in [4.69, 9.17) is 23.2 Å². The zero-order valence-electron chi connectivity index (χ0n) is 16.0. The quantitative estimate of drug-likeness (QED) is 0.519. The van der Waals surface area contributed by atoms with Gasteiger partial charge in [0.2, 0.25) is 15.9 Å². The molecule has 0 fully saturated rings. The topological polar surface area (TPSA) is 66.5 Å². The molecule has 0 saturated heterocycles. The number of hydrogen-bond acceptors (Lipinski definition) is 3. The Kier molecular flexibility index (Phi) is 7.50. The lowest BCUT2D eigenvalue weighted by Gasteiger charge is -2.22. The van der Waals surface area contributed by atoms with Gasteiger partial charge in [0, 0.05) is 11.6 Å². The molecule has 0 saturated carbocycles. The van der Waals surface area contributed by atoms with Crippen LogP contribution in [-0.4, -0.2) is 31.7 Å². The van der Waals surface area contributed by atoms with Crippen molar-refractivity contribution in [2.24, 2.45) is 0 Å². The highest BCUT2D eigenvalue weighted by atomic mass is 35.5. The van der Waals surface area contributed by atoms with Crippen LogP contribution in [0.5, 0.6) is 0 Å². The predicted octanol–water partition coefficient (Wildman–Crippen LogP) is 4.87. The lowest BCUT2D eigenvalue weighted by molar-refractivity contribution is -0.116. The molecule has 1 N–H and O–H groups in total. The van der Waals surface area contributed by atoms with Crippen LogP contribution in [0.2, 0.25) is 10.0 Å². The van der Waals surface area contributed by atoms with E-state index in [0.717, 1.165) is 5.56 Å². The number of nitrogens with zero attached hydrogens (tertiary/aromatic N) is 1. The largest absolute Gasteiger partial charge is 0.324 e. The van der Waals surface area contributed by atoms with Crippen LogP contribution in [-0.2, 0) is 21.2 Å². The molecular weight excluding hydrogens is 443 g/mol. The second-order valence-electron chi connectivity index (χ2n) is 6.56. The predicted molar refractivity (Wildman–Crippen MR) is 120 cm³/mol. The van der Waals surface area contributed by atoms with E-state index in [-0.39, 0.29) is 18.0 Å². The van der Waals surface area contributed by atoms with E-state index in [0.29, 0.717) is 22.2 Å². The van der Waals surface area contributed by atoms with Gasteiger partial charge in [0.1, 0.15) is 0 Å². The van der Waals surface area contributed by atoms with Gasteiger partial charge in [-0.05, 0) is 42.3 Å². The standard InChI is InChI=1S/C22H20Cl2N2O3S/c23-18-11-12-20(24)21(15-18)25-22(27)16-26(14-13-17-7-3-1-4-8-17)30(28,29)19-9-5-2-6-10-19/h1-12,15H,13-14,16H2,(H,25,27). The minimum absolute atomic E-state index is 0.131. The summed E-state index contributed by atoms with van der Waals surface area (Å²) in [4.78, 5) is 12.8. The molecule has 0 aliphatic heterocycles. The number of hydrogen-bond donors (Lipinski definition) is 1. The summed E-state index contributed by atoms with van der Waals surface area (Å²) < 4.78 is 27.5. The van der Waals surface area contributed by atoms with Crippen LogP contribution in [0.1, 0.15) is 5.56 Å². The Balaban J connectivity index is 1.81.